The molecule has 30 heavy (non-hydrogen) atoms. The zero-order chi connectivity index (χ0) is 20.7. The first kappa shape index (κ1) is 19.3. The highest BCUT2D eigenvalue weighted by atomic mass is 32.2. The molecule has 5 rings (SSSR count). The molecule has 156 valence electrons. The maximum Gasteiger partial charge on any atom is 0.212 e. The van der Waals surface area contributed by atoms with Crippen molar-refractivity contribution in [3.63, 3.8) is 0 Å². The third kappa shape index (κ3) is 3.42. The Balaban J connectivity index is 1.41. The van der Waals surface area contributed by atoms with Crippen molar-refractivity contribution in [2.45, 2.75) is 43.6 Å². The predicted octanol–water partition coefficient (Wildman–Crippen LogP) is 3.66. The molecule has 1 unspecified atom stereocenters. The number of ether oxygens (including phenoxy) is 4. The smallest absolute Gasteiger partial charge is 0.212 e. The summed E-state index contributed by atoms with van der Waals surface area (Å²) in [5.41, 5.74) is 2.53. The fourth-order valence-electron chi connectivity index (χ4n) is 3.68. The van der Waals surface area contributed by atoms with Gasteiger partial charge in [0.05, 0.1) is 6.61 Å². The van der Waals surface area contributed by atoms with Gasteiger partial charge < -0.3 is 18.9 Å². The molecule has 2 atom stereocenters. The third-order valence-corrected chi connectivity index (χ3v) is 5.64. The van der Waals surface area contributed by atoms with Crippen LogP contribution in [0.25, 0.3) is 11.2 Å². The third-order valence-electron chi connectivity index (χ3n) is 4.96. The Morgan fingerprint density at radius 2 is 1.97 bits per heavy atom. The zero-order valence-corrected chi connectivity index (χ0v) is 17.8. The molecule has 0 amide bonds. The van der Waals surface area contributed by atoms with Crippen molar-refractivity contribution >= 4 is 22.9 Å². The molecule has 0 spiro atoms. The van der Waals surface area contributed by atoms with E-state index in [1.807, 2.05) is 55.0 Å². The molecule has 2 aliphatic heterocycles. The standard InChI is InChI=1S/C21H22N4O4S/c1-21(2)28-16-14(10-26-9-13-7-5-4-6-8-13)27-20(17(16)29-21)25-12-24-15-18(25)22-11-23-19(15)30-3/h4-8,11-12,17,20H,9-10H2,1-3H3/t17?,20-/m1/s1. The highest BCUT2D eigenvalue weighted by Gasteiger charge is 2.51. The highest BCUT2D eigenvalue weighted by Crippen LogP contribution is 2.45. The predicted molar refractivity (Wildman–Crippen MR) is 110 cm³/mol. The van der Waals surface area contributed by atoms with Crippen LogP contribution in [0.5, 0.6) is 0 Å². The van der Waals surface area contributed by atoms with Gasteiger partial charge in [0.1, 0.15) is 29.8 Å². The number of aromatic nitrogens is 4. The summed E-state index contributed by atoms with van der Waals surface area (Å²) in [6, 6.07) is 10.0. The maximum absolute atomic E-state index is 6.25. The van der Waals surface area contributed by atoms with Crippen molar-refractivity contribution in [2.75, 3.05) is 12.9 Å². The molecule has 9 heteroatoms. The molecular weight excluding hydrogens is 404 g/mol. The van der Waals surface area contributed by atoms with Crippen LogP contribution in [0.15, 0.2) is 59.5 Å². The van der Waals surface area contributed by atoms with Gasteiger partial charge in [0.15, 0.2) is 23.3 Å². The molecule has 0 aliphatic carbocycles. The number of rotatable bonds is 6. The van der Waals surface area contributed by atoms with Crippen molar-refractivity contribution in [1.29, 1.82) is 0 Å². The number of fused-ring (bicyclic) bond motifs is 2. The molecule has 0 radical (unpaired) electrons. The lowest BCUT2D eigenvalue weighted by molar-refractivity contribution is -0.166. The number of benzene rings is 1. The van der Waals surface area contributed by atoms with Gasteiger partial charge in [-0.1, -0.05) is 30.3 Å². The minimum absolute atomic E-state index is 0.286. The highest BCUT2D eigenvalue weighted by molar-refractivity contribution is 7.98. The van der Waals surface area contributed by atoms with Gasteiger partial charge in [-0.3, -0.25) is 4.57 Å². The normalized spacial score (nSPS) is 22.2. The molecule has 4 heterocycles. The Bertz CT molecular complexity index is 1100. The van der Waals surface area contributed by atoms with E-state index in [0.29, 0.717) is 23.8 Å². The molecule has 2 aliphatic rings. The Morgan fingerprint density at radius 3 is 2.77 bits per heavy atom. The van der Waals surface area contributed by atoms with Gasteiger partial charge in [-0.2, -0.15) is 0 Å². The van der Waals surface area contributed by atoms with Crippen LogP contribution in [-0.4, -0.2) is 44.3 Å². The van der Waals surface area contributed by atoms with E-state index in [9.17, 15) is 0 Å². The maximum atomic E-state index is 6.25. The van der Waals surface area contributed by atoms with E-state index in [2.05, 4.69) is 15.0 Å². The number of hydrogen-bond donors (Lipinski definition) is 0. The Morgan fingerprint density at radius 1 is 1.13 bits per heavy atom. The fraction of sp³-hybridized carbons (Fsp3) is 0.381. The van der Waals surface area contributed by atoms with E-state index in [4.69, 9.17) is 18.9 Å². The topological polar surface area (TPSA) is 80.5 Å². The first-order valence-corrected chi connectivity index (χ1v) is 10.9. The van der Waals surface area contributed by atoms with Gasteiger partial charge in [-0.15, -0.1) is 11.8 Å². The minimum atomic E-state index is -0.748. The number of nitrogens with zero attached hydrogens (tertiary/aromatic N) is 4. The SMILES string of the molecule is CSc1ncnc2c1ncn2[C@@H]1OC(COCc2ccccc2)=C2OC(C)(C)OC21. The van der Waals surface area contributed by atoms with Gasteiger partial charge >= 0.3 is 0 Å². The van der Waals surface area contributed by atoms with Crippen molar-refractivity contribution in [2.24, 2.45) is 0 Å². The number of imidazole rings is 1. The van der Waals surface area contributed by atoms with Crippen LogP contribution in [0.4, 0.5) is 0 Å². The van der Waals surface area contributed by atoms with Crippen molar-refractivity contribution in [3.8, 4) is 0 Å². The summed E-state index contributed by atoms with van der Waals surface area (Å²) in [5, 5.41) is 0.820. The second-order valence-electron chi connectivity index (χ2n) is 7.52. The van der Waals surface area contributed by atoms with E-state index in [1.165, 1.54) is 18.1 Å². The molecule has 1 saturated heterocycles. The lowest BCUT2D eigenvalue weighted by Gasteiger charge is -2.23. The van der Waals surface area contributed by atoms with E-state index in [0.717, 1.165) is 16.1 Å². The second kappa shape index (κ2) is 7.57. The fourth-order valence-corrected chi connectivity index (χ4v) is 4.17. The lowest BCUT2D eigenvalue weighted by atomic mass is 10.2. The average Bonchev–Trinajstić information content (AvgIpc) is 3.40. The molecule has 3 aromatic rings. The Kier molecular flexibility index (Phi) is 4.88. The summed E-state index contributed by atoms with van der Waals surface area (Å²) < 4.78 is 26.2. The summed E-state index contributed by atoms with van der Waals surface area (Å²) in [4.78, 5) is 13.2. The molecule has 0 saturated carbocycles. The first-order valence-electron chi connectivity index (χ1n) is 9.65. The molecule has 1 fully saturated rings. The van der Waals surface area contributed by atoms with E-state index in [1.54, 1.807) is 6.33 Å². The van der Waals surface area contributed by atoms with Crippen LogP contribution < -0.4 is 0 Å². The van der Waals surface area contributed by atoms with Gasteiger partial charge in [0, 0.05) is 13.8 Å². The largest absolute Gasteiger partial charge is 0.465 e. The van der Waals surface area contributed by atoms with Crippen molar-refractivity contribution < 1.29 is 18.9 Å². The summed E-state index contributed by atoms with van der Waals surface area (Å²) in [6.07, 6.45) is 4.33. The average molecular weight is 426 g/mol. The van der Waals surface area contributed by atoms with Crippen LogP contribution in [0.3, 0.4) is 0 Å². The van der Waals surface area contributed by atoms with E-state index < -0.39 is 18.1 Å². The summed E-state index contributed by atoms with van der Waals surface area (Å²) in [5.74, 6) is 0.550. The molecule has 8 nitrogen and oxygen atoms in total. The van der Waals surface area contributed by atoms with Crippen LogP contribution in [0.1, 0.15) is 25.6 Å². The zero-order valence-electron chi connectivity index (χ0n) is 16.9. The first-order chi connectivity index (χ1) is 14.6. The van der Waals surface area contributed by atoms with Crippen LogP contribution in [0, 0.1) is 0 Å². The quantitative estimate of drug-likeness (QED) is 0.436. The van der Waals surface area contributed by atoms with Crippen LogP contribution in [0.2, 0.25) is 0 Å². The Labute approximate surface area is 178 Å². The van der Waals surface area contributed by atoms with Crippen LogP contribution in [-0.2, 0) is 25.6 Å². The minimum Gasteiger partial charge on any atom is -0.465 e. The summed E-state index contributed by atoms with van der Waals surface area (Å²) >= 11 is 1.53. The lowest BCUT2D eigenvalue weighted by Crippen LogP contribution is -2.27. The van der Waals surface area contributed by atoms with Crippen molar-refractivity contribution in [3.05, 3.63) is 60.1 Å². The molecule has 1 aromatic carbocycles. The van der Waals surface area contributed by atoms with Gasteiger partial charge in [0.2, 0.25) is 12.0 Å². The monoisotopic (exact) mass is 426 g/mol. The van der Waals surface area contributed by atoms with Crippen molar-refractivity contribution in [1.82, 2.24) is 19.5 Å². The molecule has 0 N–H and O–H groups in total. The summed E-state index contributed by atoms with van der Waals surface area (Å²) in [6.45, 7) is 4.54. The molecule has 0 bridgehead atoms. The Hall–Kier alpha value is -2.62. The van der Waals surface area contributed by atoms with Gasteiger partial charge in [-0.05, 0) is 11.8 Å². The van der Waals surface area contributed by atoms with Gasteiger partial charge in [-0.25, -0.2) is 15.0 Å². The van der Waals surface area contributed by atoms with Gasteiger partial charge in [0.25, 0.3) is 0 Å². The molecular formula is C21H22N4O4S. The van der Waals surface area contributed by atoms with Crippen LogP contribution >= 0.6 is 11.8 Å². The number of hydrogen-bond acceptors (Lipinski definition) is 8. The van der Waals surface area contributed by atoms with E-state index >= 15 is 0 Å². The second-order valence-corrected chi connectivity index (χ2v) is 8.32. The van der Waals surface area contributed by atoms with E-state index in [-0.39, 0.29) is 6.61 Å². The summed E-state index contributed by atoms with van der Waals surface area (Å²) in [7, 11) is 0. The number of thioether (sulfide) groups is 1. The molecule has 2 aromatic heterocycles.